The smallest absolute Gasteiger partial charge is 0.281 e. The van der Waals surface area contributed by atoms with E-state index in [2.05, 4.69) is 0 Å². The van der Waals surface area contributed by atoms with Crippen molar-refractivity contribution in [2.24, 2.45) is 0 Å². The Kier molecular flexibility index (Phi) is 3.87. The Morgan fingerprint density at radius 2 is 1.25 bits per heavy atom. The maximum Gasteiger partial charge on any atom is 0.431 e. The van der Waals surface area contributed by atoms with Crippen molar-refractivity contribution in [3.8, 4) is 0 Å². The normalized spacial score (nSPS) is 15.2. The second-order valence-corrected chi connectivity index (χ2v) is 4.27. The van der Waals surface area contributed by atoms with Gasteiger partial charge in [0.05, 0.1) is 0 Å². The summed E-state index contributed by atoms with van der Waals surface area (Å²) in [6.45, 7) is 0. The molecule has 0 aliphatic heterocycles. The summed E-state index contributed by atoms with van der Waals surface area (Å²) in [5.74, 6) is -5.50. The van der Waals surface area contributed by atoms with Gasteiger partial charge in [-0.3, -0.25) is 4.55 Å². The molecule has 0 aliphatic carbocycles. The maximum absolute atomic E-state index is 12.4. The van der Waals surface area contributed by atoms with Crippen molar-refractivity contribution >= 4 is 10.1 Å². The second-order valence-electron chi connectivity index (χ2n) is 2.81. The molecule has 0 amide bonds. The SMILES string of the molecule is O=S(=O)(O)C(F)(F)C(F)(F)CCC(F)(F)F. The van der Waals surface area contributed by atoms with Crippen molar-refractivity contribution in [3.05, 3.63) is 0 Å². The molecule has 11 heteroatoms. The fourth-order valence-electron chi connectivity index (χ4n) is 0.633. The van der Waals surface area contributed by atoms with Crippen molar-refractivity contribution in [1.29, 1.82) is 0 Å². The first kappa shape index (κ1) is 15.4. The molecule has 0 aromatic rings. The van der Waals surface area contributed by atoms with E-state index >= 15 is 0 Å². The van der Waals surface area contributed by atoms with Gasteiger partial charge in [0.25, 0.3) is 0 Å². The molecule has 3 nitrogen and oxygen atoms in total. The first-order valence-electron chi connectivity index (χ1n) is 3.50. The molecule has 0 unspecified atom stereocenters. The first-order chi connectivity index (χ1) is 6.71. The van der Waals surface area contributed by atoms with Gasteiger partial charge < -0.3 is 0 Å². The number of hydrogen-bond acceptors (Lipinski definition) is 2. The zero-order chi connectivity index (χ0) is 13.4. The van der Waals surface area contributed by atoms with E-state index in [4.69, 9.17) is 4.55 Å². The van der Waals surface area contributed by atoms with Crippen LogP contribution in [0.25, 0.3) is 0 Å². The van der Waals surface area contributed by atoms with Crippen LogP contribution in [0.1, 0.15) is 12.8 Å². The Hall–Kier alpha value is -0.580. The van der Waals surface area contributed by atoms with E-state index in [-0.39, 0.29) is 0 Å². The summed E-state index contributed by atoms with van der Waals surface area (Å²) in [5, 5.41) is -5.95. The Morgan fingerprint density at radius 1 is 0.875 bits per heavy atom. The van der Waals surface area contributed by atoms with Crippen molar-refractivity contribution in [1.82, 2.24) is 0 Å². The van der Waals surface area contributed by atoms with Gasteiger partial charge in [0, 0.05) is 12.8 Å². The van der Waals surface area contributed by atoms with Crippen LogP contribution in [-0.4, -0.2) is 30.3 Å². The van der Waals surface area contributed by atoms with Gasteiger partial charge in [-0.1, -0.05) is 0 Å². The van der Waals surface area contributed by atoms with Crippen molar-refractivity contribution in [3.63, 3.8) is 0 Å². The predicted molar refractivity (Wildman–Crippen MR) is 36.7 cm³/mol. The Bertz CT molecular complexity index is 344. The minimum atomic E-state index is -6.48. The minimum Gasteiger partial charge on any atom is -0.281 e. The van der Waals surface area contributed by atoms with Gasteiger partial charge in [0.1, 0.15) is 0 Å². The van der Waals surface area contributed by atoms with E-state index in [9.17, 15) is 39.2 Å². The molecule has 98 valence electrons. The highest BCUT2D eigenvalue weighted by Gasteiger charge is 2.65. The zero-order valence-electron chi connectivity index (χ0n) is 7.23. The Labute approximate surface area is 85.0 Å². The summed E-state index contributed by atoms with van der Waals surface area (Å²) >= 11 is 0. The van der Waals surface area contributed by atoms with Crippen molar-refractivity contribution in [2.45, 2.75) is 30.2 Å². The molecule has 0 fully saturated rings. The average Bonchev–Trinajstić information content (AvgIpc) is 1.97. The van der Waals surface area contributed by atoms with E-state index in [1.165, 1.54) is 0 Å². The molecule has 0 saturated carbocycles. The summed E-state index contributed by atoms with van der Waals surface area (Å²) in [5.41, 5.74) is 0. The molecular formula is C5H5F7O3S. The lowest BCUT2D eigenvalue weighted by Gasteiger charge is -2.23. The number of halogens is 7. The Balaban J connectivity index is 4.94. The summed E-state index contributed by atoms with van der Waals surface area (Å²) < 4.78 is 111. The van der Waals surface area contributed by atoms with Crippen LogP contribution >= 0.6 is 0 Å². The van der Waals surface area contributed by atoms with Crippen LogP contribution in [-0.2, 0) is 10.1 Å². The summed E-state index contributed by atoms with van der Waals surface area (Å²) in [7, 11) is -6.48. The molecule has 0 bridgehead atoms. The maximum atomic E-state index is 12.4. The van der Waals surface area contributed by atoms with Crippen LogP contribution in [0.5, 0.6) is 0 Å². The largest absolute Gasteiger partial charge is 0.431 e. The standard InChI is InChI=1S/C5H5F7O3S/c6-3(7,1-2-4(8,9)10)5(11,12)16(13,14)15/h1-2H2,(H,13,14,15). The summed E-state index contributed by atoms with van der Waals surface area (Å²) in [4.78, 5) is 0. The van der Waals surface area contributed by atoms with E-state index in [1.807, 2.05) is 0 Å². The Morgan fingerprint density at radius 3 is 1.50 bits per heavy atom. The van der Waals surface area contributed by atoms with Gasteiger partial charge in [-0.15, -0.1) is 0 Å². The van der Waals surface area contributed by atoms with Crippen molar-refractivity contribution in [2.75, 3.05) is 0 Å². The van der Waals surface area contributed by atoms with E-state index in [1.54, 1.807) is 0 Å². The molecule has 0 saturated heterocycles. The third kappa shape index (κ3) is 3.47. The molecule has 0 heterocycles. The number of hydrogen-bond donors (Lipinski definition) is 1. The molecule has 0 atom stereocenters. The number of alkyl halides is 7. The van der Waals surface area contributed by atoms with Gasteiger partial charge >= 0.3 is 27.5 Å². The van der Waals surface area contributed by atoms with Crippen molar-refractivity contribution < 1.29 is 43.7 Å². The van der Waals surface area contributed by atoms with E-state index in [0.29, 0.717) is 0 Å². The van der Waals surface area contributed by atoms with Crippen LogP contribution in [0.2, 0.25) is 0 Å². The molecule has 0 spiro atoms. The third-order valence-electron chi connectivity index (χ3n) is 1.47. The highest BCUT2D eigenvalue weighted by atomic mass is 32.2. The van der Waals surface area contributed by atoms with Gasteiger partial charge in [-0.2, -0.15) is 39.2 Å². The van der Waals surface area contributed by atoms with Gasteiger partial charge in [-0.05, 0) is 0 Å². The second kappa shape index (κ2) is 4.02. The lowest BCUT2D eigenvalue weighted by Crippen LogP contribution is -2.47. The van der Waals surface area contributed by atoms with E-state index < -0.39 is 40.3 Å². The highest BCUT2D eigenvalue weighted by Crippen LogP contribution is 2.43. The third-order valence-corrected chi connectivity index (χ3v) is 2.42. The quantitative estimate of drug-likeness (QED) is 0.634. The highest BCUT2D eigenvalue weighted by molar-refractivity contribution is 7.87. The van der Waals surface area contributed by atoms with Gasteiger partial charge in [0.2, 0.25) is 0 Å². The van der Waals surface area contributed by atoms with Gasteiger partial charge in [0.15, 0.2) is 0 Å². The fourth-order valence-corrected chi connectivity index (χ4v) is 1.11. The van der Waals surface area contributed by atoms with Crippen LogP contribution in [0.3, 0.4) is 0 Å². The summed E-state index contributed by atoms with van der Waals surface area (Å²) in [6, 6.07) is 0. The van der Waals surface area contributed by atoms with Gasteiger partial charge in [-0.25, -0.2) is 0 Å². The van der Waals surface area contributed by atoms with Crippen LogP contribution in [0.4, 0.5) is 30.7 Å². The zero-order valence-corrected chi connectivity index (χ0v) is 8.05. The van der Waals surface area contributed by atoms with E-state index in [0.717, 1.165) is 0 Å². The topological polar surface area (TPSA) is 54.4 Å². The number of rotatable bonds is 4. The lowest BCUT2D eigenvalue weighted by atomic mass is 10.2. The fraction of sp³-hybridized carbons (Fsp3) is 1.00. The molecular weight excluding hydrogens is 273 g/mol. The molecule has 0 aromatic carbocycles. The lowest BCUT2D eigenvalue weighted by molar-refractivity contribution is -0.193. The average molecular weight is 278 g/mol. The summed E-state index contributed by atoms with van der Waals surface area (Å²) in [6.07, 6.45) is -9.88. The van der Waals surface area contributed by atoms with Crippen LogP contribution in [0.15, 0.2) is 0 Å². The first-order valence-corrected chi connectivity index (χ1v) is 4.94. The minimum absolute atomic E-state index is 2.30. The van der Waals surface area contributed by atoms with Crippen LogP contribution in [0, 0.1) is 0 Å². The predicted octanol–water partition coefficient (Wildman–Crippen LogP) is 2.44. The molecule has 0 rings (SSSR count). The monoisotopic (exact) mass is 278 g/mol. The molecule has 0 aliphatic rings. The molecule has 0 aromatic heterocycles. The molecule has 16 heavy (non-hydrogen) atoms. The van der Waals surface area contributed by atoms with Crippen LogP contribution < -0.4 is 0 Å². The molecule has 0 radical (unpaired) electrons. The molecule has 1 N–H and O–H groups in total.